The molecule has 0 amide bonds. The third-order valence-corrected chi connectivity index (χ3v) is 13.3. The number of esters is 3. The molecule has 0 aliphatic carbocycles. The third-order valence-electron chi connectivity index (χ3n) is 13.3. The molecular weight excluding hydrogens is 913 g/mol. The summed E-state index contributed by atoms with van der Waals surface area (Å²) in [7, 11) is 0. The maximum atomic E-state index is 12.8. The average Bonchev–Trinajstić information content (AvgIpc) is 3.40. The molecular formula is C68H116O6. The molecule has 0 bridgehead atoms. The van der Waals surface area contributed by atoms with Gasteiger partial charge in [0.25, 0.3) is 0 Å². The molecule has 0 aromatic rings. The minimum Gasteiger partial charge on any atom is -0.462 e. The zero-order valence-electron chi connectivity index (χ0n) is 48.6. The first-order chi connectivity index (χ1) is 36.5. The van der Waals surface area contributed by atoms with Crippen molar-refractivity contribution < 1.29 is 28.6 Å². The zero-order valence-corrected chi connectivity index (χ0v) is 48.6. The molecule has 1 unspecified atom stereocenters. The lowest BCUT2D eigenvalue weighted by atomic mass is 10.0. The van der Waals surface area contributed by atoms with Crippen molar-refractivity contribution in [2.45, 2.75) is 303 Å². The van der Waals surface area contributed by atoms with E-state index in [2.05, 4.69) is 118 Å². The van der Waals surface area contributed by atoms with Gasteiger partial charge < -0.3 is 14.2 Å². The second-order valence-corrected chi connectivity index (χ2v) is 20.6. The highest BCUT2D eigenvalue weighted by atomic mass is 16.6. The molecule has 0 fully saturated rings. The number of rotatable bonds is 56. The lowest BCUT2D eigenvalue weighted by molar-refractivity contribution is -0.167. The highest BCUT2D eigenvalue weighted by molar-refractivity contribution is 5.71. The fourth-order valence-electron chi connectivity index (χ4n) is 8.65. The van der Waals surface area contributed by atoms with Gasteiger partial charge in [-0.15, -0.1) is 0 Å². The van der Waals surface area contributed by atoms with E-state index in [1.54, 1.807) is 0 Å². The monoisotopic (exact) mass is 1030 g/mol. The van der Waals surface area contributed by atoms with Crippen LogP contribution in [0.25, 0.3) is 0 Å². The Hall–Kier alpha value is -3.67. The van der Waals surface area contributed by atoms with E-state index in [-0.39, 0.29) is 31.1 Å². The molecule has 6 nitrogen and oxygen atoms in total. The van der Waals surface area contributed by atoms with E-state index >= 15 is 0 Å². The van der Waals surface area contributed by atoms with Crippen molar-refractivity contribution >= 4 is 17.9 Å². The molecule has 0 aromatic carbocycles. The van der Waals surface area contributed by atoms with Crippen LogP contribution in [0, 0.1) is 0 Å². The van der Waals surface area contributed by atoms with Gasteiger partial charge in [0.15, 0.2) is 6.10 Å². The Bertz CT molecular complexity index is 1460. The average molecular weight is 1030 g/mol. The van der Waals surface area contributed by atoms with E-state index in [1.165, 1.54) is 135 Å². The third kappa shape index (κ3) is 59.2. The molecule has 74 heavy (non-hydrogen) atoms. The van der Waals surface area contributed by atoms with Gasteiger partial charge in [-0.2, -0.15) is 0 Å². The first-order valence-electron chi connectivity index (χ1n) is 31.2. The maximum Gasteiger partial charge on any atom is 0.306 e. The summed E-state index contributed by atoms with van der Waals surface area (Å²) in [6.45, 7) is 6.44. The molecule has 0 aromatic heterocycles. The van der Waals surface area contributed by atoms with Crippen LogP contribution in [-0.4, -0.2) is 37.2 Å². The summed E-state index contributed by atoms with van der Waals surface area (Å²) < 4.78 is 16.8. The summed E-state index contributed by atoms with van der Waals surface area (Å²) >= 11 is 0. The molecule has 0 heterocycles. The van der Waals surface area contributed by atoms with Crippen LogP contribution in [0.3, 0.4) is 0 Å². The van der Waals surface area contributed by atoms with Gasteiger partial charge >= 0.3 is 17.9 Å². The van der Waals surface area contributed by atoms with Gasteiger partial charge in [-0.3, -0.25) is 14.4 Å². The van der Waals surface area contributed by atoms with Crippen molar-refractivity contribution in [3.05, 3.63) is 97.2 Å². The van der Waals surface area contributed by atoms with Gasteiger partial charge in [-0.1, -0.05) is 272 Å². The van der Waals surface area contributed by atoms with Gasteiger partial charge in [-0.05, 0) is 103 Å². The summed E-state index contributed by atoms with van der Waals surface area (Å²) in [5.41, 5.74) is 0. The highest BCUT2D eigenvalue weighted by Gasteiger charge is 2.19. The van der Waals surface area contributed by atoms with Crippen LogP contribution >= 0.6 is 0 Å². The van der Waals surface area contributed by atoms with Crippen LogP contribution in [0.4, 0.5) is 0 Å². The molecule has 0 spiro atoms. The Morgan fingerprint density at radius 1 is 0.284 bits per heavy atom. The van der Waals surface area contributed by atoms with Crippen LogP contribution in [-0.2, 0) is 28.6 Å². The van der Waals surface area contributed by atoms with Gasteiger partial charge in [0.05, 0.1) is 0 Å². The number of hydrogen-bond donors (Lipinski definition) is 0. The molecule has 0 rings (SSSR count). The molecule has 0 aliphatic heterocycles. The largest absolute Gasteiger partial charge is 0.462 e. The van der Waals surface area contributed by atoms with Gasteiger partial charge in [0.2, 0.25) is 0 Å². The lowest BCUT2D eigenvalue weighted by Gasteiger charge is -2.18. The predicted octanol–water partition coefficient (Wildman–Crippen LogP) is 21.3. The molecule has 424 valence electrons. The molecule has 0 N–H and O–H groups in total. The highest BCUT2D eigenvalue weighted by Crippen LogP contribution is 2.16. The van der Waals surface area contributed by atoms with Crippen molar-refractivity contribution in [1.29, 1.82) is 0 Å². The van der Waals surface area contributed by atoms with Crippen molar-refractivity contribution in [2.75, 3.05) is 13.2 Å². The lowest BCUT2D eigenvalue weighted by Crippen LogP contribution is -2.30. The minimum absolute atomic E-state index is 0.0800. The Kier molecular flexibility index (Phi) is 58.8. The zero-order chi connectivity index (χ0) is 53.6. The normalized spacial score (nSPS) is 12.7. The second-order valence-electron chi connectivity index (χ2n) is 20.6. The van der Waals surface area contributed by atoms with E-state index in [1.807, 2.05) is 0 Å². The SMILES string of the molecule is CC/C=C\C/C=C\C/C=C\C/C=C\C/C=C\C/C=C\CCCCCCCCCCCCCCCCCCC(=O)OCC(COC(=O)CCCCCCCC)OC(=O)CCCCCCC/C=C\C/C=C\CCCCC. The Morgan fingerprint density at radius 3 is 0.851 bits per heavy atom. The smallest absolute Gasteiger partial charge is 0.306 e. The standard InChI is InChI=1S/C68H116O6/c1-4-7-10-13-16-18-20-22-24-25-26-27-28-29-30-31-32-33-34-35-36-37-38-39-40-41-42-43-45-46-48-50-52-55-58-61-67(70)73-64-65(63-72-66(69)60-57-54-15-12-9-6-3)74-68(71)62-59-56-53-51-49-47-44-23-21-19-17-14-11-8-5-2/h7,10,16-19,22-24,26-27,29-30,32-33,44,65H,4-6,8-9,11-15,20-21,25,28,31,34-43,45-64H2,1-3H3/b10-7-,18-16-,19-17-,24-22-,27-26-,30-29-,33-32-,44-23-. The molecule has 0 saturated carbocycles. The molecule has 0 aliphatic rings. The number of carbonyl (C=O) groups excluding carboxylic acids is 3. The minimum atomic E-state index is -0.779. The van der Waals surface area contributed by atoms with E-state index in [9.17, 15) is 14.4 Å². The van der Waals surface area contributed by atoms with E-state index in [0.717, 1.165) is 122 Å². The fourth-order valence-corrected chi connectivity index (χ4v) is 8.65. The Balaban J connectivity index is 3.98. The predicted molar refractivity (Wildman–Crippen MR) is 320 cm³/mol. The summed E-state index contributed by atoms with van der Waals surface area (Å²) in [5.74, 6) is -0.897. The summed E-state index contributed by atoms with van der Waals surface area (Å²) in [6.07, 6.45) is 83.1. The Labute approximate surface area is 457 Å². The van der Waals surface area contributed by atoms with Gasteiger partial charge in [0.1, 0.15) is 13.2 Å². The van der Waals surface area contributed by atoms with Crippen LogP contribution in [0.5, 0.6) is 0 Å². The van der Waals surface area contributed by atoms with Crippen molar-refractivity contribution in [3.63, 3.8) is 0 Å². The van der Waals surface area contributed by atoms with Crippen molar-refractivity contribution in [3.8, 4) is 0 Å². The molecule has 0 saturated heterocycles. The van der Waals surface area contributed by atoms with Gasteiger partial charge in [-0.25, -0.2) is 0 Å². The van der Waals surface area contributed by atoms with E-state index in [0.29, 0.717) is 19.3 Å². The maximum absolute atomic E-state index is 12.8. The van der Waals surface area contributed by atoms with Gasteiger partial charge in [0, 0.05) is 19.3 Å². The summed E-state index contributed by atoms with van der Waals surface area (Å²) in [4.78, 5) is 37.9. The summed E-state index contributed by atoms with van der Waals surface area (Å²) in [5, 5.41) is 0. The summed E-state index contributed by atoms with van der Waals surface area (Å²) in [6, 6.07) is 0. The quantitative estimate of drug-likeness (QED) is 0.0261. The van der Waals surface area contributed by atoms with E-state index < -0.39 is 6.10 Å². The fraction of sp³-hybridized carbons (Fsp3) is 0.721. The van der Waals surface area contributed by atoms with Crippen LogP contribution in [0.2, 0.25) is 0 Å². The number of unbranched alkanes of at least 4 members (excludes halogenated alkanes) is 29. The van der Waals surface area contributed by atoms with Crippen LogP contribution in [0.15, 0.2) is 97.2 Å². The first-order valence-corrected chi connectivity index (χ1v) is 31.2. The Morgan fingerprint density at radius 2 is 0.527 bits per heavy atom. The number of ether oxygens (including phenoxy) is 3. The number of hydrogen-bond acceptors (Lipinski definition) is 6. The number of allylic oxidation sites excluding steroid dienone is 16. The van der Waals surface area contributed by atoms with Crippen LogP contribution in [0.1, 0.15) is 297 Å². The van der Waals surface area contributed by atoms with Crippen LogP contribution < -0.4 is 0 Å². The molecule has 6 heteroatoms. The van der Waals surface area contributed by atoms with Crippen molar-refractivity contribution in [1.82, 2.24) is 0 Å². The topological polar surface area (TPSA) is 78.9 Å². The second kappa shape index (κ2) is 61.9. The van der Waals surface area contributed by atoms with E-state index in [4.69, 9.17) is 14.2 Å². The number of carbonyl (C=O) groups is 3. The van der Waals surface area contributed by atoms with Crippen molar-refractivity contribution in [2.24, 2.45) is 0 Å². The molecule has 1 atom stereocenters. The molecule has 0 radical (unpaired) electrons. The first kappa shape index (κ1) is 70.3.